The van der Waals surface area contributed by atoms with Gasteiger partial charge < -0.3 is 5.32 Å². The normalized spacial score (nSPS) is 8.29. The molecule has 0 unspecified atom stereocenters. The Morgan fingerprint density at radius 3 is 2.00 bits per heavy atom. The second-order valence-electron chi connectivity index (χ2n) is 4.40. The fourth-order valence-corrected chi connectivity index (χ4v) is 1.69. The maximum Gasteiger partial charge on any atom is 0.269 e. The van der Waals surface area contributed by atoms with Crippen molar-refractivity contribution >= 4 is 11.4 Å². The van der Waals surface area contributed by atoms with Gasteiger partial charge in [0.15, 0.2) is 0 Å². The SMILES string of the molecule is CC.CC.CCc1cccc([N+](=O)[O-])c1.CNc1cccc(C)c1. The van der Waals surface area contributed by atoms with Gasteiger partial charge in [-0.3, -0.25) is 10.1 Å². The van der Waals surface area contributed by atoms with Crippen LogP contribution in [0.3, 0.4) is 0 Å². The number of hydrogen-bond acceptors (Lipinski definition) is 3. The summed E-state index contributed by atoms with van der Waals surface area (Å²) in [5.74, 6) is 0. The van der Waals surface area contributed by atoms with Crippen LogP contribution in [0.4, 0.5) is 11.4 Å². The molecule has 4 heteroatoms. The van der Waals surface area contributed by atoms with Gasteiger partial charge in [-0.05, 0) is 36.6 Å². The van der Waals surface area contributed by atoms with Gasteiger partial charge in [0.2, 0.25) is 0 Å². The third-order valence-corrected chi connectivity index (χ3v) is 2.84. The number of benzene rings is 2. The highest BCUT2D eigenvalue weighted by Gasteiger charge is 2.03. The Hall–Kier alpha value is -2.36. The maximum absolute atomic E-state index is 10.3. The smallest absolute Gasteiger partial charge is 0.269 e. The molecule has 2 aromatic rings. The van der Waals surface area contributed by atoms with Crippen molar-refractivity contribution in [2.45, 2.75) is 48.0 Å². The fraction of sp³-hybridized carbons (Fsp3) is 0.400. The Kier molecular flexibility index (Phi) is 15.5. The van der Waals surface area contributed by atoms with Gasteiger partial charge in [-0.15, -0.1) is 0 Å². The molecule has 0 saturated heterocycles. The molecule has 0 saturated carbocycles. The van der Waals surface area contributed by atoms with E-state index in [4.69, 9.17) is 0 Å². The molecule has 0 fully saturated rings. The standard InChI is InChI=1S/C8H9NO2.C8H11N.2C2H6/c1-2-7-4-3-5-8(6-7)9(10)11;1-7-4-3-5-8(6-7)9-2;2*1-2/h3-6H,2H2,1H3;3-6,9H,1-2H3;2*1-2H3. The highest BCUT2D eigenvalue weighted by molar-refractivity contribution is 5.44. The molecule has 0 atom stereocenters. The topological polar surface area (TPSA) is 55.2 Å². The Balaban J connectivity index is 0. The van der Waals surface area contributed by atoms with Crippen LogP contribution >= 0.6 is 0 Å². The summed E-state index contributed by atoms with van der Waals surface area (Å²) in [5.41, 5.74) is 3.64. The summed E-state index contributed by atoms with van der Waals surface area (Å²) in [6.07, 6.45) is 0.835. The molecule has 0 radical (unpaired) electrons. The average molecular weight is 332 g/mol. The maximum atomic E-state index is 10.3. The lowest BCUT2D eigenvalue weighted by atomic mass is 10.1. The highest BCUT2D eigenvalue weighted by atomic mass is 16.6. The molecule has 2 aromatic carbocycles. The molecule has 0 aliphatic carbocycles. The number of anilines is 1. The van der Waals surface area contributed by atoms with Crippen LogP contribution in [0.5, 0.6) is 0 Å². The zero-order valence-corrected chi connectivity index (χ0v) is 16.1. The van der Waals surface area contributed by atoms with Crippen molar-refractivity contribution in [3.05, 3.63) is 69.8 Å². The van der Waals surface area contributed by atoms with Crippen LogP contribution in [0, 0.1) is 17.0 Å². The zero-order chi connectivity index (χ0) is 19.0. The van der Waals surface area contributed by atoms with E-state index in [9.17, 15) is 10.1 Å². The van der Waals surface area contributed by atoms with Gasteiger partial charge in [0.1, 0.15) is 0 Å². The first-order valence-corrected chi connectivity index (χ1v) is 8.54. The van der Waals surface area contributed by atoms with Gasteiger partial charge in [-0.25, -0.2) is 0 Å². The van der Waals surface area contributed by atoms with Crippen molar-refractivity contribution in [3.63, 3.8) is 0 Å². The molecule has 1 N–H and O–H groups in total. The Morgan fingerprint density at radius 1 is 1.00 bits per heavy atom. The Bertz CT molecular complexity index is 569. The molecular weight excluding hydrogens is 300 g/mol. The molecule has 0 amide bonds. The molecule has 0 aliphatic rings. The van der Waals surface area contributed by atoms with Crippen LogP contribution < -0.4 is 5.32 Å². The van der Waals surface area contributed by atoms with E-state index in [0.717, 1.165) is 12.0 Å². The van der Waals surface area contributed by atoms with Gasteiger partial charge in [0.05, 0.1) is 4.92 Å². The third kappa shape index (κ3) is 10.4. The lowest BCUT2D eigenvalue weighted by Crippen LogP contribution is -1.88. The molecule has 0 spiro atoms. The van der Waals surface area contributed by atoms with E-state index < -0.39 is 0 Å². The summed E-state index contributed by atoms with van der Waals surface area (Å²) in [4.78, 5) is 9.90. The van der Waals surface area contributed by atoms with Crippen molar-refractivity contribution in [3.8, 4) is 0 Å². The Morgan fingerprint density at radius 2 is 1.58 bits per heavy atom. The highest BCUT2D eigenvalue weighted by Crippen LogP contribution is 2.12. The second kappa shape index (κ2) is 15.5. The number of rotatable bonds is 3. The van der Waals surface area contributed by atoms with Crippen LogP contribution in [-0.4, -0.2) is 12.0 Å². The minimum Gasteiger partial charge on any atom is -0.388 e. The fourth-order valence-electron chi connectivity index (χ4n) is 1.69. The molecule has 0 bridgehead atoms. The molecule has 134 valence electrons. The Labute approximate surface area is 147 Å². The summed E-state index contributed by atoms with van der Waals surface area (Å²) < 4.78 is 0. The van der Waals surface area contributed by atoms with E-state index in [1.54, 1.807) is 12.1 Å². The molecule has 4 nitrogen and oxygen atoms in total. The number of nitro groups is 1. The monoisotopic (exact) mass is 332 g/mol. The van der Waals surface area contributed by atoms with E-state index in [0.29, 0.717) is 0 Å². The van der Waals surface area contributed by atoms with Gasteiger partial charge in [0.25, 0.3) is 5.69 Å². The number of hydrogen-bond donors (Lipinski definition) is 1. The van der Waals surface area contributed by atoms with Crippen molar-refractivity contribution in [2.24, 2.45) is 0 Å². The molecular formula is C20H32N2O2. The minimum atomic E-state index is -0.376. The third-order valence-electron chi connectivity index (χ3n) is 2.84. The summed E-state index contributed by atoms with van der Waals surface area (Å²) in [6.45, 7) is 12.1. The van der Waals surface area contributed by atoms with Crippen LogP contribution in [-0.2, 0) is 6.42 Å². The number of aryl methyl sites for hydroxylation is 2. The van der Waals surface area contributed by atoms with Crippen LogP contribution in [0.1, 0.15) is 45.7 Å². The van der Waals surface area contributed by atoms with Gasteiger partial charge in [-0.2, -0.15) is 0 Å². The van der Waals surface area contributed by atoms with E-state index in [-0.39, 0.29) is 10.6 Å². The van der Waals surface area contributed by atoms with Crippen LogP contribution in [0.15, 0.2) is 48.5 Å². The number of nitro benzene ring substituents is 1. The molecule has 24 heavy (non-hydrogen) atoms. The zero-order valence-electron chi connectivity index (χ0n) is 16.1. The molecule has 0 aromatic heterocycles. The van der Waals surface area contributed by atoms with Gasteiger partial charge in [-0.1, -0.05) is 58.9 Å². The second-order valence-corrected chi connectivity index (χ2v) is 4.40. The van der Waals surface area contributed by atoms with Crippen molar-refractivity contribution in [1.82, 2.24) is 0 Å². The molecule has 0 aliphatic heterocycles. The summed E-state index contributed by atoms with van der Waals surface area (Å²) in [5, 5.41) is 13.3. The molecule has 2 rings (SSSR count). The van der Waals surface area contributed by atoms with Crippen molar-refractivity contribution in [2.75, 3.05) is 12.4 Å². The van der Waals surface area contributed by atoms with Gasteiger partial charge >= 0.3 is 0 Å². The predicted molar refractivity (Wildman–Crippen MR) is 106 cm³/mol. The average Bonchev–Trinajstić information content (AvgIpc) is 2.65. The van der Waals surface area contributed by atoms with Crippen molar-refractivity contribution < 1.29 is 4.92 Å². The van der Waals surface area contributed by atoms with Crippen LogP contribution in [0.25, 0.3) is 0 Å². The van der Waals surface area contributed by atoms with E-state index >= 15 is 0 Å². The minimum absolute atomic E-state index is 0.171. The summed E-state index contributed by atoms with van der Waals surface area (Å²) in [6, 6.07) is 15.0. The van der Waals surface area contributed by atoms with Gasteiger partial charge in [0, 0.05) is 24.9 Å². The quantitative estimate of drug-likeness (QED) is 0.534. The first kappa shape index (κ1) is 23.9. The summed E-state index contributed by atoms with van der Waals surface area (Å²) >= 11 is 0. The molecule has 0 heterocycles. The lowest BCUT2D eigenvalue weighted by molar-refractivity contribution is -0.384. The van der Waals surface area contributed by atoms with E-state index in [2.05, 4.69) is 24.4 Å². The van der Waals surface area contributed by atoms with E-state index in [1.165, 1.54) is 17.3 Å². The number of nitrogens with one attached hydrogen (secondary N) is 1. The largest absolute Gasteiger partial charge is 0.388 e. The summed E-state index contributed by atoms with van der Waals surface area (Å²) in [7, 11) is 1.93. The van der Waals surface area contributed by atoms with E-state index in [1.807, 2.05) is 59.9 Å². The predicted octanol–water partition coefficient (Wildman–Crippen LogP) is 6.25. The van der Waals surface area contributed by atoms with Crippen molar-refractivity contribution in [1.29, 1.82) is 0 Å². The first-order valence-electron chi connectivity index (χ1n) is 8.54. The number of nitrogens with zero attached hydrogens (tertiary/aromatic N) is 1. The number of non-ortho nitro benzene ring substituents is 1. The lowest BCUT2D eigenvalue weighted by Gasteiger charge is -1.98. The first-order chi connectivity index (χ1) is 11.6. The van der Waals surface area contributed by atoms with Crippen LogP contribution in [0.2, 0.25) is 0 Å².